The average Bonchev–Trinajstić information content (AvgIpc) is 2.55. The molecule has 3 aromatic rings. The van der Waals surface area contributed by atoms with Crippen LogP contribution in [0.2, 0.25) is 0 Å². The number of nitrogens with one attached hydrogen (secondary N) is 3. The fourth-order valence-electron chi connectivity index (χ4n) is 2.09. The van der Waals surface area contributed by atoms with Crippen LogP contribution in [0.25, 0.3) is 11.0 Å². The first-order chi connectivity index (χ1) is 11.5. The lowest BCUT2D eigenvalue weighted by Crippen LogP contribution is -2.29. The Kier molecular flexibility index (Phi) is 4.11. The molecular formula is C16H12FN3O4. The SMILES string of the molecule is O=C(COc1ccccc1F)Nc1ccc2[nH]c(=O)c(=O)[nH]c2c1. The first-order valence-electron chi connectivity index (χ1n) is 6.96. The molecule has 0 spiro atoms. The van der Waals surface area contributed by atoms with E-state index in [0.717, 1.165) is 0 Å². The number of para-hydroxylation sites is 1. The molecule has 2 aromatic carbocycles. The summed E-state index contributed by atoms with van der Waals surface area (Å²) < 4.78 is 18.5. The fraction of sp³-hybridized carbons (Fsp3) is 0.0625. The number of carbonyl (C=O) groups excluding carboxylic acids is 1. The molecule has 0 aliphatic carbocycles. The van der Waals surface area contributed by atoms with Crippen molar-refractivity contribution in [2.45, 2.75) is 0 Å². The highest BCUT2D eigenvalue weighted by Gasteiger charge is 2.08. The Morgan fingerprint density at radius 3 is 2.50 bits per heavy atom. The smallest absolute Gasteiger partial charge is 0.314 e. The molecule has 1 amide bonds. The van der Waals surface area contributed by atoms with Crippen LogP contribution in [0.5, 0.6) is 5.75 Å². The molecule has 0 aliphatic heterocycles. The Hall–Kier alpha value is -3.42. The van der Waals surface area contributed by atoms with Gasteiger partial charge in [-0.3, -0.25) is 14.4 Å². The number of benzene rings is 2. The Balaban J connectivity index is 1.71. The molecule has 0 bridgehead atoms. The molecule has 0 saturated heterocycles. The summed E-state index contributed by atoms with van der Waals surface area (Å²) in [6, 6.07) is 10.3. The lowest BCUT2D eigenvalue weighted by Gasteiger charge is -2.08. The number of amides is 1. The van der Waals surface area contributed by atoms with Crippen molar-refractivity contribution < 1.29 is 13.9 Å². The van der Waals surface area contributed by atoms with E-state index >= 15 is 0 Å². The predicted molar refractivity (Wildman–Crippen MR) is 85.7 cm³/mol. The normalized spacial score (nSPS) is 10.5. The van der Waals surface area contributed by atoms with E-state index in [1.807, 2.05) is 0 Å². The maximum Gasteiger partial charge on any atom is 0.314 e. The zero-order chi connectivity index (χ0) is 17.1. The summed E-state index contributed by atoms with van der Waals surface area (Å²) in [5.74, 6) is -1.07. The molecule has 0 unspecified atom stereocenters. The number of fused-ring (bicyclic) bond motifs is 1. The Morgan fingerprint density at radius 1 is 1.04 bits per heavy atom. The van der Waals surface area contributed by atoms with E-state index in [1.54, 1.807) is 18.2 Å². The van der Waals surface area contributed by atoms with Crippen LogP contribution in [-0.2, 0) is 4.79 Å². The number of ether oxygens (including phenoxy) is 1. The minimum Gasteiger partial charge on any atom is -0.481 e. The number of aromatic amines is 2. The van der Waals surface area contributed by atoms with Gasteiger partial charge in [-0.05, 0) is 30.3 Å². The number of anilines is 1. The molecule has 0 atom stereocenters. The number of aromatic nitrogens is 2. The van der Waals surface area contributed by atoms with Crippen molar-refractivity contribution in [2.75, 3.05) is 11.9 Å². The minimum atomic E-state index is -0.783. The summed E-state index contributed by atoms with van der Waals surface area (Å²) in [5.41, 5.74) is -0.341. The van der Waals surface area contributed by atoms with Gasteiger partial charge in [-0.1, -0.05) is 12.1 Å². The second kappa shape index (κ2) is 6.37. The first-order valence-corrected chi connectivity index (χ1v) is 6.96. The van der Waals surface area contributed by atoms with Gasteiger partial charge in [-0.15, -0.1) is 0 Å². The highest BCUT2D eigenvalue weighted by molar-refractivity contribution is 5.93. The van der Waals surface area contributed by atoms with Gasteiger partial charge in [0.05, 0.1) is 11.0 Å². The van der Waals surface area contributed by atoms with E-state index in [-0.39, 0.29) is 12.4 Å². The number of hydrogen-bond donors (Lipinski definition) is 3. The first kappa shape index (κ1) is 15.5. The molecule has 3 N–H and O–H groups in total. The molecule has 0 fully saturated rings. The van der Waals surface area contributed by atoms with Crippen molar-refractivity contribution in [3.63, 3.8) is 0 Å². The van der Waals surface area contributed by atoms with Crippen LogP contribution in [0.3, 0.4) is 0 Å². The number of halogens is 1. The van der Waals surface area contributed by atoms with Gasteiger partial charge in [0.15, 0.2) is 18.2 Å². The average molecular weight is 329 g/mol. The van der Waals surface area contributed by atoms with E-state index in [9.17, 15) is 18.8 Å². The number of carbonyl (C=O) groups is 1. The van der Waals surface area contributed by atoms with E-state index in [2.05, 4.69) is 15.3 Å². The fourth-order valence-corrected chi connectivity index (χ4v) is 2.09. The van der Waals surface area contributed by atoms with Crippen molar-refractivity contribution >= 4 is 22.6 Å². The van der Waals surface area contributed by atoms with Gasteiger partial charge in [0.25, 0.3) is 5.91 Å². The lowest BCUT2D eigenvalue weighted by atomic mass is 10.2. The van der Waals surface area contributed by atoms with Crippen molar-refractivity contribution in [2.24, 2.45) is 0 Å². The standard InChI is InChI=1S/C16H12FN3O4/c17-10-3-1-2-4-13(10)24-8-14(21)18-9-5-6-11-12(7-9)20-16(23)15(22)19-11/h1-7H,8H2,(H,18,21)(H,19,22)(H,20,23). The molecule has 3 rings (SSSR count). The predicted octanol–water partition coefficient (Wildman–Crippen LogP) is 1.37. The van der Waals surface area contributed by atoms with Crippen LogP contribution in [-0.4, -0.2) is 22.5 Å². The zero-order valence-corrected chi connectivity index (χ0v) is 12.3. The van der Waals surface area contributed by atoms with Crippen LogP contribution in [0, 0.1) is 5.82 Å². The molecule has 0 aliphatic rings. The molecule has 7 nitrogen and oxygen atoms in total. The van der Waals surface area contributed by atoms with Gasteiger partial charge in [0.1, 0.15) is 0 Å². The van der Waals surface area contributed by atoms with Crippen LogP contribution < -0.4 is 21.2 Å². The van der Waals surface area contributed by atoms with Gasteiger partial charge < -0.3 is 20.0 Å². The highest BCUT2D eigenvalue weighted by Crippen LogP contribution is 2.16. The summed E-state index contributed by atoms with van der Waals surface area (Å²) in [6.45, 7) is -0.374. The van der Waals surface area contributed by atoms with Crippen LogP contribution in [0.1, 0.15) is 0 Å². The molecule has 0 radical (unpaired) electrons. The summed E-state index contributed by atoms with van der Waals surface area (Å²) in [5, 5.41) is 2.56. The molecule has 1 heterocycles. The molecule has 24 heavy (non-hydrogen) atoms. The quantitative estimate of drug-likeness (QED) is 0.629. The van der Waals surface area contributed by atoms with Crippen molar-refractivity contribution in [3.05, 3.63) is 69.0 Å². The van der Waals surface area contributed by atoms with Crippen LogP contribution in [0.4, 0.5) is 10.1 Å². The third-order valence-electron chi connectivity index (χ3n) is 3.20. The summed E-state index contributed by atoms with van der Waals surface area (Å²) in [7, 11) is 0. The third kappa shape index (κ3) is 3.32. The molecule has 8 heteroatoms. The molecule has 0 saturated carbocycles. The second-order valence-electron chi connectivity index (χ2n) is 4.94. The highest BCUT2D eigenvalue weighted by atomic mass is 19.1. The van der Waals surface area contributed by atoms with E-state index < -0.39 is 22.8 Å². The van der Waals surface area contributed by atoms with Gasteiger partial charge in [-0.25, -0.2) is 4.39 Å². The number of H-pyrrole nitrogens is 2. The Labute approximate surface area is 134 Å². The third-order valence-corrected chi connectivity index (χ3v) is 3.20. The summed E-state index contributed by atoms with van der Waals surface area (Å²) in [4.78, 5) is 39.2. The molecular weight excluding hydrogens is 317 g/mol. The van der Waals surface area contributed by atoms with Gasteiger partial charge in [0, 0.05) is 5.69 Å². The largest absolute Gasteiger partial charge is 0.481 e. The van der Waals surface area contributed by atoms with E-state index in [0.29, 0.717) is 16.7 Å². The number of rotatable bonds is 4. The van der Waals surface area contributed by atoms with Gasteiger partial charge >= 0.3 is 11.1 Å². The summed E-state index contributed by atoms with van der Waals surface area (Å²) >= 11 is 0. The Bertz CT molecular complexity index is 1030. The zero-order valence-electron chi connectivity index (χ0n) is 12.3. The lowest BCUT2D eigenvalue weighted by molar-refractivity contribution is -0.118. The maximum absolute atomic E-state index is 13.4. The van der Waals surface area contributed by atoms with Crippen molar-refractivity contribution in [3.8, 4) is 5.75 Å². The van der Waals surface area contributed by atoms with E-state index in [4.69, 9.17) is 4.74 Å². The number of hydrogen-bond acceptors (Lipinski definition) is 4. The molecule has 122 valence electrons. The monoisotopic (exact) mass is 329 g/mol. The summed E-state index contributed by atoms with van der Waals surface area (Å²) in [6.07, 6.45) is 0. The second-order valence-corrected chi connectivity index (χ2v) is 4.94. The van der Waals surface area contributed by atoms with Gasteiger partial charge in [0.2, 0.25) is 0 Å². The molecule has 1 aromatic heterocycles. The Morgan fingerprint density at radius 2 is 1.75 bits per heavy atom. The van der Waals surface area contributed by atoms with E-state index in [1.165, 1.54) is 24.3 Å². The maximum atomic E-state index is 13.4. The van der Waals surface area contributed by atoms with Gasteiger partial charge in [-0.2, -0.15) is 0 Å². The van der Waals surface area contributed by atoms with Crippen molar-refractivity contribution in [1.29, 1.82) is 0 Å². The van der Waals surface area contributed by atoms with Crippen molar-refractivity contribution in [1.82, 2.24) is 9.97 Å². The van der Waals surface area contributed by atoms with Crippen LogP contribution >= 0.6 is 0 Å². The topological polar surface area (TPSA) is 104 Å². The van der Waals surface area contributed by atoms with Crippen LogP contribution in [0.15, 0.2) is 52.1 Å². The minimum absolute atomic E-state index is 0.0203.